The van der Waals surface area contributed by atoms with Crippen LogP contribution in [0.4, 0.5) is 10.1 Å². The van der Waals surface area contributed by atoms with E-state index in [1.165, 1.54) is 6.07 Å². The summed E-state index contributed by atoms with van der Waals surface area (Å²) in [5.74, 6) is 1.24. The van der Waals surface area contributed by atoms with Crippen molar-refractivity contribution in [3.8, 4) is 23.0 Å². The molecule has 0 radical (unpaired) electrons. The number of aryl methyl sites for hydroxylation is 1. The molecule has 1 fully saturated rings. The Kier molecular flexibility index (Phi) is 5.60. The van der Waals surface area contributed by atoms with Crippen LogP contribution in [0.15, 0.2) is 65.3 Å². The molecule has 0 unspecified atom stereocenters. The fourth-order valence-electron chi connectivity index (χ4n) is 3.95. The van der Waals surface area contributed by atoms with Crippen LogP contribution in [0.2, 0.25) is 0 Å². The van der Waals surface area contributed by atoms with Gasteiger partial charge in [-0.25, -0.2) is 9.37 Å². The quantitative estimate of drug-likeness (QED) is 0.468. The molecule has 0 saturated carbocycles. The number of aromatic nitrogens is 4. The number of piperazine rings is 1. The Morgan fingerprint density at radius 3 is 2.48 bits per heavy atom. The van der Waals surface area contributed by atoms with Gasteiger partial charge in [0.15, 0.2) is 0 Å². The molecule has 0 spiro atoms. The Morgan fingerprint density at radius 1 is 1.00 bits per heavy atom. The lowest BCUT2D eigenvalue weighted by molar-refractivity contribution is -0.132. The van der Waals surface area contributed by atoms with Crippen LogP contribution in [-0.4, -0.2) is 56.7 Å². The zero-order chi connectivity index (χ0) is 22.8. The lowest BCUT2D eigenvalue weighted by Gasteiger charge is -2.36. The fraction of sp³-hybridized carbons (Fsp3) is 0.250. The van der Waals surface area contributed by atoms with Crippen LogP contribution in [-0.2, 0) is 11.3 Å². The molecule has 0 aliphatic carbocycles. The highest BCUT2D eigenvalue weighted by Gasteiger charge is 2.24. The second-order valence-corrected chi connectivity index (χ2v) is 7.91. The van der Waals surface area contributed by atoms with Crippen LogP contribution < -0.4 is 4.90 Å². The number of amides is 1. The fourth-order valence-corrected chi connectivity index (χ4v) is 3.95. The number of carbonyl (C=O) groups is 1. The number of anilines is 1. The molecular formula is C24H23FN6O2. The maximum Gasteiger partial charge on any atom is 0.258 e. The highest BCUT2D eigenvalue weighted by atomic mass is 19.1. The number of imidazole rings is 1. The summed E-state index contributed by atoms with van der Waals surface area (Å²) in [6.45, 7) is 4.27. The van der Waals surface area contributed by atoms with Gasteiger partial charge in [-0.2, -0.15) is 4.98 Å². The smallest absolute Gasteiger partial charge is 0.258 e. The number of nitrogens with zero attached hydrogens (tertiary/aromatic N) is 6. The number of hydrogen-bond donors (Lipinski definition) is 0. The van der Waals surface area contributed by atoms with E-state index in [4.69, 9.17) is 4.52 Å². The summed E-state index contributed by atoms with van der Waals surface area (Å²) < 4.78 is 21.2. The van der Waals surface area contributed by atoms with E-state index in [-0.39, 0.29) is 18.3 Å². The lowest BCUT2D eigenvalue weighted by atomic mass is 10.2. The van der Waals surface area contributed by atoms with Crippen LogP contribution in [0.25, 0.3) is 23.0 Å². The van der Waals surface area contributed by atoms with Gasteiger partial charge in [0.25, 0.3) is 5.89 Å². The number of para-hydroxylation sites is 1. The largest absolute Gasteiger partial charge is 0.366 e. The summed E-state index contributed by atoms with van der Waals surface area (Å²) in [6, 6.07) is 16.2. The lowest BCUT2D eigenvalue weighted by Crippen LogP contribution is -2.49. The third kappa shape index (κ3) is 4.34. The molecule has 2 aromatic carbocycles. The van der Waals surface area contributed by atoms with Crippen LogP contribution >= 0.6 is 0 Å². The van der Waals surface area contributed by atoms with Crippen molar-refractivity contribution >= 4 is 11.6 Å². The van der Waals surface area contributed by atoms with Crippen molar-refractivity contribution in [3.63, 3.8) is 0 Å². The van der Waals surface area contributed by atoms with E-state index in [0.717, 1.165) is 5.56 Å². The highest BCUT2D eigenvalue weighted by molar-refractivity contribution is 5.76. The average Bonchev–Trinajstić information content (AvgIpc) is 3.47. The summed E-state index contributed by atoms with van der Waals surface area (Å²) in [7, 11) is 0. The molecule has 1 saturated heterocycles. The maximum atomic E-state index is 14.1. The Labute approximate surface area is 190 Å². The molecule has 0 N–H and O–H groups in total. The first-order valence-electron chi connectivity index (χ1n) is 10.8. The molecule has 8 nitrogen and oxygen atoms in total. The third-order valence-electron chi connectivity index (χ3n) is 5.78. The molecule has 0 bridgehead atoms. The van der Waals surface area contributed by atoms with Gasteiger partial charge >= 0.3 is 0 Å². The third-order valence-corrected chi connectivity index (χ3v) is 5.78. The van der Waals surface area contributed by atoms with Crippen LogP contribution in [0.1, 0.15) is 5.82 Å². The van der Waals surface area contributed by atoms with Crippen molar-refractivity contribution < 1.29 is 13.7 Å². The summed E-state index contributed by atoms with van der Waals surface area (Å²) in [5.41, 5.74) is 1.96. The number of rotatable bonds is 5. The monoisotopic (exact) mass is 446 g/mol. The second-order valence-electron chi connectivity index (χ2n) is 7.91. The minimum Gasteiger partial charge on any atom is -0.366 e. The minimum absolute atomic E-state index is 0.00619. The molecule has 0 atom stereocenters. The standard InChI is InChI=1S/C24H23FN6O2/c1-17-26-20(23-27-24(33-28-23)18-7-3-2-4-8-18)15-31(17)16-22(32)30-13-11-29(12-14-30)21-10-6-5-9-19(21)25/h2-10,15H,11-14,16H2,1H3. The molecule has 9 heteroatoms. The first-order chi connectivity index (χ1) is 16.1. The van der Waals surface area contributed by atoms with Gasteiger partial charge in [0.05, 0.1) is 5.69 Å². The van der Waals surface area contributed by atoms with Crippen molar-refractivity contribution in [1.82, 2.24) is 24.6 Å². The van der Waals surface area contributed by atoms with Gasteiger partial charge in [0, 0.05) is 37.9 Å². The van der Waals surface area contributed by atoms with Gasteiger partial charge in [-0.3, -0.25) is 4.79 Å². The van der Waals surface area contributed by atoms with Crippen molar-refractivity contribution in [2.24, 2.45) is 0 Å². The Balaban J connectivity index is 1.23. The van der Waals surface area contributed by atoms with Gasteiger partial charge in [0.2, 0.25) is 11.7 Å². The van der Waals surface area contributed by atoms with Crippen LogP contribution in [0, 0.1) is 12.7 Å². The van der Waals surface area contributed by atoms with Gasteiger partial charge in [-0.1, -0.05) is 35.5 Å². The molecule has 168 valence electrons. The maximum absolute atomic E-state index is 14.1. The van der Waals surface area contributed by atoms with Crippen molar-refractivity contribution in [2.45, 2.75) is 13.5 Å². The molecule has 3 heterocycles. The van der Waals surface area contributed by atoms with E-state index in [0.29, 0.717) is 55.1 Å². The molecule has 1 aliphatic rings. The Morgan fingerprint density at radius 2 is 1.73 bits per heavy atom. The van der Waals surface area contributed by atoms with Crippen molar-refractivity contribution in [1.29, 1.82) is 0 Å². The van der Waals surface area contributed by atoms with Crippen LogP contribution in [0.5, 0.6) is 0 Å². The number of hydrogen-bond acceptors (Lipinski definition) is 6. The zero-order valence-electron chi connectivity index (χ0n) is 18.2. The van der Waals surface area contributed by atoms with Crippen molar-refractivity contribution in [3.05, 3.63) is 72.4 Å². The normalized spacial score (nSPS) is 14.0. The first-order valence-corrected chi connectivity index (χ1v) is 10.8. The van der Waals surface area contributed by atoms with Crippen molar-refractivity contribution in [2.75, 3.05) is 31.1 Å². The second kappa shape index (κ2) is 8.85. The first kappa shape index (κ1) is 20.9. The zero-order valence-corrected chi connectivity index (χ0v) is 18.2. The molecule has 2 aromatic heterocycles. The predicted molar refractivity (Wildman–Crippen MR) is 121 cm³/mol. The van der Waals surface area contributed by atoms with E-state index >= 15 is 0 Å². The molecule has 33 heavy (non-hydrogen) atoms. The van der Waals surface area contributed by atoms with Gasteiger partial charge in [-0.05, 0) is 31.2 Å². The van der Waals surface area contributed by atoms with E-state index < -0.39 is 0 Å². The summed E-state index contributed by atoms with van der Waals surface area (Å²) in [5, 5.41) is 4.04. The average molecular weight is 446 g/mol. The Bertz CT molecular complexity index is 1260. The predicted octanol–water partition coefficient (Wildman–Crippen LogP) is 3.40. The van der Waals surface area contributed by atoms with Crippen LogP contribution in [0.3, 0.4) is 0 Å². The van der Waals surface area contributed by atoms with Gasteiger partial charge in [0.1, 0.15) is 23.9 Å². The summed E-state index contributed by atoms with van der Waals surface area (Å²) >= 11 is 0. The minimum atomic E-state index is -0.240. The topological polar surface area (TPSA) is 80.3 Å². The Hall–Kier alpha value is -4.01. The van der Waals surface area contributed by atoms with Gasteiger partial charge < -0.3 is 18.9 Å². The number of halogens is 1. The highest BCUT2D eigenvalue weighted by Crippen LogP contribution is 2.22. The van der Waals surface area contributed by atoms with E-state index in [9.17, 15) is 9.18 Å². The number of carbonyl (C=O) groups excluding carboxylic acids is 1. The van der Waals surface area contributed by atoms with E-state index in [1.54, 1.807) is 27.8 Å². The summed E-state index contributed by atoms with van der Waals surface area (Å²) in [6.07, 6.45) is 1.77. The molecular weight excluding hydrogens is 423 g/mol. The SMILES string of the molecule is Cc1nc(-c2noc(-c3ccccc3)n2)cn1CC(=O)N1CCN(c2ccccc2F)CC1. The molecule has 1 amide bonds. The molecule has 4 aromatic rings. The molecule has 5 rings (SSSR count). The van der Waals surface area contributed by atoms with Gasteiger partial charge in [-0.15, -0.1) is 0 Å². The van der Waals surface area contributed by atoms with E-state index in [2.05, 4.69) is 15.1 Å². The number of benzene rings is 2. The van der Waals surface area contributed by atoms with E-state index in [1.807, 2.05) is 48.2 Å². The summed E-state index contributed by atoms with van der Waals surface area (Å²) in [4.78, 5) is 25.6. The molecule has 1 aliphatic heterocycles.